The van der Waals surface area contributed by atoms with Crippen LogP contribution in [0.25, 0.3) is 0 Å². The Morgan fingerprint density at radius 1 is 1.33 bits per heavy atom. The summed E-state index contributed by atoms with van der Waals surface area (Å²) in [6.07, 6.45) is 3.14. The molecule has 124 valence electrons. The van der Waals surface area contributed by atoms with E-state index in [4.69, 9.17) is 4.74 Å². The van der Waals surface area contributed by atoms with Crippen molar-refractivity contribution < 1.29 is 14.3 Å². The van der Waals surface area contributed by atoms with Gasteiger partial charge in [-0.3, -0.25) is 9.59 Å². The highest BCUT2D eigenvalue weighted by molar-refractivity contribution is 5.95. The number of anilines is 2. The maximum Gasteiger partial charge on any atom is 0.263 e. The fourth-order valence-corrected chi connectivity index (χ4v) is 2.53. The van der Waals surface area contributed by atoms with Crippen molar-refractivity contribution >= 4 is 23.3 Å². The van der Waals surface area contributed by atoms with Crippen LogP contribution in [-0.4, -0.2) is 29.9 Å². The van der Waals surface area contributed by atoms with Crippen molar-refractivity contribution in [3.8, 4) is 5.75 Å². The van der Waals surface area contributed by atoms with E-state index >= 15 is 0 Å². The third kappa shape index (κ3) is 3.90. The molecule has 6 heteroatoms. The minimum Gasteiger partial charge on any atom is -0.484 e. The van der Waals surface area contributed by atoms with Crippen LogP contribution in [0.2, 0.25) is 0 Å². The van der Waals surface area contributed by atoms with Crippen molar-refractivity contribution in [3.05, 3.63) is 48.2 Å². The number of aromatic nitrogens is 1. The van der Waals surface area contributed by atoms with Gasteiger partial charge in [-0.25, -0.2) is 4.98 Å². The van der Waals surface area contributed by atoms with Crippen LogP contribution in [0.4, 0.5) is 11.5 Å². The van der Waals surface area contributed by atoms with Gasteiger partial charge in [-0.2, -0.15) is 0 Å². The predicted octanol–water partition coefficient (Wildman–Crippen LogP) is 2.53. The van der Waals surface area contributed by atoms with Gasteiger partial charge >= 0.3 is 0 Å². The first-order valence-corrected chi connectivity index (χ1v) is 7.87. The maximum atomic E-state index is 11.9. The molecule has 3 rings (SSSR count). The highest BCUT2D eigenvalue weighted by Gasteiger charge is 2.21. The van der Waals surface area contributed by atoms with E-state index in [-0.39, 0.29) is 18.4 Å². The molecular formula is C18H19N3O3. The number of carbonyl (C=O) groups is 2. The van der Waals surface area contributed by atoms with E-state index in [1.807, 2.05) is 25.1 Å². The van der Waals surface area contributed by atoms with Gasteiger partial charge in [0.1, 0.15) is 11.6 Å². The molecule has 1 aliphatic rings. The summed E-state index contributed by atoms with van der Waals surface area (Å²) in [6, 6.07) is 10.8. The first kappa shape index (κ1) is 16.0. The van der Waals surface area contributed by atoms with Crippen molar-refractivity contribution in [1.29, 1.82) is 0 Å². The van der Waals surface area contributed by atoms with Crippen LogP contribution in [0.3, 0.4) is 0 Å². The van der Waals surface area contributed by atoms with Gasteiger partial charge in [0.05, 0.1) is 0 Å². The van der Waals surface area contributed by atoms with Crippen LogP contribution >= 0.6 is 0 Å². The van der Waals surface area contributed by atoms with Crippen LogP contribution in [0, 0.1) is 6.92 Å². The molecule has 6 nitrogen and oxygen atoms in total. The molecule has 2 heterocycles. The zero-order chi connectivity index (χ0) is 16.9. The fraction of sp³-hybridized carbons (Fsp3) is 0.278. The number of aryl methyl sites for hydroxylation is 1. The number of carbonyl (C=O) groups excluding carboxylic acids is 2. The number of rotatable bonds is 5. The molecule has 0 unspecified atom stereocenters. The molecule has 2 amide bonds. The van der Waals surface area contributed by atoms with E-state index in [9.17, 15) is 9.59 Å². The van der Waals surface area contributed by atoms with Crippen LogP contribution in [0.15, 0.2) is 42.6 Å². The molecule has 0 bridgehead atoms. The predicted molar refractivity (Wildman–Crippen MR) is 91.1 cm³/mol. The van der Waals surface area contributed by atoms with E-state index < -0.39 is 0 Å². The van der Waals surface area contributed by atoms with E-state index in [2.05, 4.69) is 10.3 Å². The largest absolute Gasteiger partial charge is 0.484 e. The third-order valence-electron chi connectivity index (χ3n) is 3.75. The molecular weight excluding hydrogens is 306 g/mol. The Morgan fingerprint density at radius 3 is 2.92 bits per heavy atom. The number of hydrogen-bond acceptors (Lipinski definition) is 4. The lowest BCUT2D eigenvalue weighted by Crippen LogP contribution is -2.24. The number of nitrogens with one attached hydrogen (secondary N) is 1. The number of amides is 2. The molecule has 1 aromatic heterocycles. The lowest BCUT2D eigenvalue weighted by molar-refractivity contribution is -0.118. The summed E-state index contributed by atoms with van der Waals surface area (Å²) in [5, 5.41) is 2.68. The van der Waals surface area contributed by atoms with E-state index in [0.717, 1.165) is 24.2 Å². The Hall–Kier alpha value is -2.89. The Morgan fingerprint density at radius 2 is 2.21 bits per heavy atom. The standard InChI is InChI=1S/C18H19N3O3/c1-13-7-8-16(19-11-13)20-17(22)12-24-15-5-2-4-14(10-15)21-9-3-6-18(21)23/h2,4-5,7-8,10-11H,3,6,9,12H2,1H3,(H,19,20,22). The molecule has 1 saturated heterocycles. The van der Waals surface area contributed by atoms with E-state index in [0.29, 0.717) is 18.0 Å². The molecule has 0 spiro atoms. The fourth-order valence-electron chi connectivity index (χ4n) is 2.53. The van der Waals surface area contributed by atoms with E-state index in [1.165, 1.54) is 0 Å². The first-order chi connectivity index (χ1) is 11.6. The molecule has 24 heavy (non-hydrogen) atoms. The zero-order valence-electron chi connectivity index (χ0n) is 13.5. The number of ether oxygens (including phenoxy) is 1. The molecule has 0 aliphatic carbocycles. The van der Waals surface area contributed by atoms with E-state index in [1.54, 1.807) is 29.3 Å². The normalized spacial score (nSPS) is 13.9. The maximum absolute atomic E-state index is 11.9. The second-order valence-corrected chi connectivity index (χ2v) is 5.70. The minimum absolute atomic E-state index is 0.118. The molecule has 1 fully saturated rings. The molecule has 0 atom stereocenters. The summed E-state index contributed by atoms with van der Waals surface area (Å²) in [7, 11) is 0. The number of benzene rings is 1. The van der Waals surface area contributed by atoms with Gasteiger partial charge in [-0.15, -0.1) is 0 Å². The average Bonchev–Trinajstić information content (AvgIpc) is 3.01. The third-order valence-corrected chi connectivity index (χ3v) is 3.75. The van der Waals surface area contributed by atoms with Gasteiger partial charge in [0.25, 0.3) is 5.91 Å². The smallest absolute Gasteiger partial charge is 0.263 e. The molecule has 1 aliphatic heterocycles. The first-order valence-electron chi connectivity index (χ1n) is 7.87. The summed E-state index contributed by atoms with van der Waals surface area (Å²) in [6.45, 7) is 2.54. The summed E-state index contributed by atoms with van der Waals surface area (Å²) in [5.41, 5.74) is 1.83. The Kier molecular flexibility index (Phi) is 4.74. The summed E-state index contributed by atoms with van der Waals surface area (Å²) >= 11 is 0. The quantitative estimate of drug-likeness (QED) is 0.917. The average molecular weight is 325 g/mol. The monoisotopic (exact) mass is 325 g/mol. The van der Waals surface area contributed by atoms with Crippen molar-refractivity contribution in [3.63, 3.8) is 0 Å². The topological polar surface area (TPSA) is 71.5 Å². The van der Waals surface area contributed by atoms with Crippen LogP contribution in [0.5, 0.6) is 5.75 Å². The summed E-state index contributed by atoms with van der Waals surface area (Å²) in [5.74, 6) is 0.883. The van der Waals surface area contributed by atoms with Gasteiger partial charge in [0.15, 0.2) is 6.61 Å². The van der Waals surface area contributed by atoms with Crippen molar-refractivity contribution in [2.24, 2.45) is 0 Å². The van der Waals surface area contributed by atoms with Crippen molar-refractivity contribution in [2.45, 2.75) is 19.8 Å². The van der Waals surface area contributed by atoms with Gasteiger partial charge in [-0.1, -0.05) is 12.1 Å². The Labute approximate surface area is 140 Å². The second kappa shape index (κ2) is 7.12. The van der Waals surface area contributed by atoms with Crippen LogP contribution in [0.1, 0.15) is 18.4 Å². The van der Waals surface area contributed by atoms with Gasteiger partial charge in [-0.05, 0) is 37.1 Å². The number of hydrogen-bond donors (Lipinski definition) is 1. The Bertz CT molecular complexity index is 743. The van der Waals surface area contributed by atoms with Crippen molar-refractivity contribution in [1.82, 2.24) is 4.98 Å². The summed E-state index contributed by atoms with van der Waals surface area (Å²) in [4.78, 5) is 29.6. The lowest BCUT2D eigenvalue weighted by atomic mass is 10.3. The molecule has 1 aromatic carbocycles. The minimum atomic E-state index is -0.283. The highest BCUT2D eigenvalue weighted by Crippen LogP contribution is 2.25. The van der Waals surface area contributed by atoms with Gasteiger partial charge < -0.3 is 15.0 Å². The number of pyridine rings is 1. The van der Waals surface area contributed by atoms with Gasteiger partial charge in [0, 0.05) is 30.9 Å². The molecule has 0 radical (unpaired) electrons. The van der Waals surface area contributed by atoms with Crippen molar-refractivity contribution in [2.75, 3.05) is 23.4 Å². The molecule has 1 N–H and O–H groups in total. The zero-order valence-corrected chi connectivity index (χ0v) is 13.5. The summed E-state index contributed by atoms with van der Waals surface area (Å²) < 4.78 is 5.52. The second-order valence-electron chi connectivity index (χ2n) is 5.70. The lowest BCUT2D eigenvalue weighted by Gasteiger charge is -2.16. The Balaban J connectivity index is 1.57. The number of nitrogens with zero attached hydrogens (tertiary/aromatic N) is 2. The molecule has 2 aromatic rings. The van der Waals surface area contributed by atoms with Crippen LogP contribution in [-0.2, 0) is 9.59 Å². The highest BCUT2D eigenvalue weighted by atomic mass is 16.5. The molecule has 0 saturated carbocycles. The SMILES string of the molecule is Cc1ccc(NC(=O)COc2cccc(N3CCCC3=O)c2)nc1. The van der Waals surface area contributed by atoms with Crippen LogP contribution < -0.4 is 15.0 Å². The van der Waals surface area contributed by atoms with Gasteiger partial charge in [0.2, 0.25) is 5.91 Å².